The van der Waals surface area contributed by atoms with Crippen molar-refractivity contribution < 1.29 is 0 Å². The van der Waals surface area contributed by atoms with Crippen molar-refractivity contribution in [2.45, 2.75) is 25.8 Å². The number of imidazole rings is 1. The third-order valence-corrected chi connectivity index (χ3v) is 3.52. The molecule has 17 heavy (non-hydrogen) atoms. The van der Waals surface area contributed by atoms with E-state index >= 15 is 0 Å². The molecule has 2 N–H and O–H groups in total. The van der Waals surface area contributed by atoms with Gasteiger partial charge in [-0.2, -0.15) is 0 Å². The number of aromatic nitrogens is 3. The second-order valence-corrected chi connectivity index (χ2v) is 4.70. The van der Waals surface area contributed by atoms with Gasteiger partial charge < -0.3 is 10.3 Å². The van der Waals surface area contributed by atoms with Crippen molar-refractivity contribution in [2.75, 3.05) is 5.73 Å². The molecule has 0 saturated heterocycles. The number of rotatable bonds is 3. The summed E-state index contributed by atoms with van der Waals surface area (Å²) in [6, 6.07) is 4.40. The summed E-state index contributed by atoms with van der Waals surface area (Å²) in [5.41, 5.74) is 7.96. The molecule has 4 heteroatoms. The molecule has 0 spiro atoms. The largest absolute Gasteiger partial charge is 0.383 e. The maximum absolute atomic E-state index is 5.92. The van der Waals surface area contributed by atoms with Gasteiger partial charge in [0, 0.05) is 17.8 Å². The van der Waals surface area contributed by atoms with Crippen LogP contribution in [0.25, 0.3) is 11.3 Å². The Labute approximate surface area is 101 Å². The first-order valence-electron chi connectivity index (χ1n) is 6.00. The maximum atomic E-state index is 5.92. The van der Waals surface area contributed by atoms with Crippen LogP contribution in [0.1, 0.15) is 25.8 Å². The summed E-state index contributed by atoms with van der Waals surface area (Å²) < 4.78 is 2.21. The molecule has 0 amide bonds. The summed E-state index contributed by atoms with van der Waals surface area (Å²) in [5, 5.41) is 0. The van der Waals surface area contributed by atoms with Gasteiger partial charge in [-0.05, 0) is 37.8 Å². The zero-order chi connectivity index (χ0) is 11.8. The maximum Gasteiger partial charge on any atom is 0.132 e. The van der Waals surface area contributed by atoms with E-state index in [0.717, 1.165) is 17.2 Å². The minimum atomic E-state index is 0.493. The van der Waals surface area contributed by atoms with Gasteiger partial charge in [0.1, 0.15) is 5.82 Å². The standard InChI is InChI=1S/C13H16N4/c1-9(10-4-5-10)17-8-15-7-12(17)11-3-2-6-16-13(11)14/h2-3,6-10H,4-5H2,1H3,(H2,14,16). The fourth-order valence-electron chi connectivity index (χ4n) is 2.28. The van der Waals surface area contributed by atoms with E-state index in [-0.39, 0.29) is 0 Å². The van der Waals surface area contributed by atoms with Crippen LogP contribution in [-0.4, -0.2) is 14.5 Å². The topological polar surface area (TPSA) is 56.7 Å². The van der Waals surface area contributed by atoms with Crippen molar-refractivity contribution in [3.05, 3.63) is 30.9 Å². The average molecular weight is 228 g/mol. The predicted octanol–water partition coefficient (Wildman–Crippen LogP) is 2.50. The van der Waals surface area contributed by atoms with Gasteiger partial charge in [-0.15, -0.1) is 0 Å². The van der Waals surface area contributed by atoms with Gasteiger partial charge in [0.25, 0.3) is 0 Å². The lowest BCUT2D eigenvalue weighted by atomic mass is 10.1. The Kier molecular flexibility index (Phi) is 2.35. The summed E-state index contributed by atoms with van der Waals surface area (Å²) in [6.07, 6.45) is 8.11. The molecule has 2 aromatic heterocycles. The zero-order valence-electron chi connectivity index (χ0n) is 9.87. The van der Waals surface area contributed by atoms with Crippen LogP contribution in [0.15, 0.2) is 30.9 Å². The van der Waals surface area contributed by atoms with Crippen LogP contribution in [0.5, 0.6) is 0 Å². The van der Waals surface area contributed by atoms with Crippen molar-refractivity contribution in [3.63, 3.8) is 0 Å². The Morgan fingerprint density at radius 1 is 1.47 bits per heavy atom. The molecule has 88 valence electrons. The highest BCUT2D eigenvalue weighted by Crippen LogP contribution is 2.41. The van der Waals surface area contributed by atoms with Gasteiger partial charge in [0.15, 0.2) is 0 Å². The molecule has 2 aromatic rings. The highest BCUT2D eigenvalue weighted by Gasteiger charge is 2.30. The van der Waals surface area contributed by atoms with Crippen molar-refractivity contribution in [3.8, 4) is 11.3 Å². The Hall–Kier alpha value is -1.84. The molecule has 2 heterocycles. The molecule has 1 atom stereocenters. The van der Waals surface area contributed by atoms with E-state index in [0.29, 0.717) is 11.9 Å². The minimum absolute atomic E-state index is 0.493. The molecule has 0 aliphatic heterocycles. The fraction of sp³-hybridized carbons (Fsp3) is 0.385. The number of nitrogen functional groups attached to an aromatic ring is 1. The van der Waals surface area contributed by atoms with Crippen LogP contribution < -0.4 is 5.73 Å². The van der Waals surface area contributed by atoms with Gasteiger partial charge in [-0.3, -0.25) is 0 Å². The molecule has 0 aromatic carbocycles. The van der Waals surface area contributed by atoms with Gasteiger partial charge in [0.2, 0.25) is 0 Å². The van der Waals surface area contributed by atoms with Crippen molar-refractivity contribution in [2.24, 2.45) is 5.92 Å². The van der Waals surface area contributed by atoms with E-state index in [1.165, 1.54) is 12.8 Å². The van der Waals surface area contributed by atoms with E-state index in [1.54, 1.807) is 6.20 Å². The first kappa shape index (κ1) is 10.3. The lowest BCUT2D eigenvalue weighted by Gasteiger charge is -2.16. The number of hydrogen-bond acceptors (Lipinski definition) is 3. The van der Waals surface area contributed by atoms with Crippen LogP contribution in [-0.2, 0) is 0 Å². The van der Waals surface area contributed by atoms with E-state index in [1.807, 2.05) is 24.7 Å². The van der Waals surface area contributed by atoms with E-state index in [9.17, 15) is 0 Å². The van der Waals surface area contributed by atoms with Crippen LogP contribution >= 0.6 is 0 Å². The first-order chi connectivity index (χ1) is 8.27. The lowest BCUT2D eigenvalue weighted by molar-refractivity contribution is 0.489. The minimum Gasteiger partial charge on any atom is -0.383 e. The third kappa shape index (κ3) is 1.79. The number of hydrogen-bond donors (Lipinski definition) is 1. The number of pyridine rings is 1. The monoisotopic (exact) mass is 228 g/mol. The highest BCUT2D eigenvalue weighted by molar-refractivity contribution is 5.70. The van der Waals surface area contributed by atoms with Crippen molar-refractivity contribution in [1.82, 2.24) is 14.5 Å². The van der Waals surface area contributed by atoms with Gasteiger partial charge in [-0.25, -0.2) is 9.97 Å². The smallest absolute Gasteiger partial charge is 0.132 e. The van der Waals surface area contributed by atoms with Gasteiger partial charge in [-0.1, -0.05) is 0 Å². The molecule has 0 bridgehead atoms. The molecule has 1 saturated carbocycles. The molecular formula is C13H16N4. The van der Waals surface area contributed by atoms with Gasteiger partial charge in [0.05, 0.1) is 18.2 Å². The summed E-state index contributed by atoms with van der Waals surface area (Å²) in [5.74, 6) is 1.36. The molecule has 0 radical (unpaired) electrons. The Morgan fingerprint density at radius 3 is 3.00 bits per heavy atom. The molecule has 1 aliphatic carbocycles. The Bertz CT molecular complexity index is 528. The van der Waals surface area contributed by atoms with Crippen LogP contribution in [0.3, 0.4) is 0 Å². The number of nitrogens with zero attached hydrogens (tertiary/aromatic N) is 3. The Balaban J connectivity index is 2.03. The predicted molar refractivity (Wildman–Crippen MR) is 67.3 cm³/mol. The lowest BCUT2D eigenvalue weighted by Crippen LogP contribution is -2.08. The summed E-state index contributed by atoms with van der Waals surface area (Å²) in [4.78, 5) is 8.38. The van der Waals surface area contributed by atoms with Crippen LogP contribution in [0.4, 0.5) is 5.82 Å². The highest BCUT2D eigenvalue weighted by atomic mass is 15.1. The molecule has 1 fully saturated rings. The zero-order valence-corrected chi connectivity index (χ0v) is 9.87. The molecule has 1 aliphatic rings. The van der Waals surface area contributed by atoms with Crippen molar-refractivity contribution >= 4 is 5.82 Å². The van der Waals surface area contributed by atoms with Crippen molar-refractivity contribution in [1.29, 1.82) is 0 Å². The second-order valence-electron chi connectivity index (χ2n) is 4.70. The quantitative estimate of drug-likeness (QED) is 0.878. The normalized spacial score (nSPS) is 17.0. The molecule has 3 rings (SSSR count). The third-order valence-electron chi connectivity index (χ3n) is 3.52. The van der Waals surface area contributed by atoms with Crippen LogP contribution in [0, 0.1) is 5.92 Å². The van der Waals surface area contributed by atoms with E-state index in [4.69, 9.17) is 5.73 Å². The number of nitrogens with two attached hydrogens (primary N) is 1. The SMILES string of the molecule is CC(C1CC1)n1cncc1-c1cccnc1N. The second kappa shape index (κ2) is 3.87. The Morgan fingerprint density at radius 2 is 2.29 bits per heavy atom. The summed E-state index contributed by atoms with van der Waals surface area (Å²) in [6.45, 7) is 2.25. The first-order valence-corrected chi connectivity index (χ1v) is 6.00. The van der Waals surface area contributed by atoms with Crippen LogP contribution in [0.2, 0.25) is 0 Å². The fourth-order valence-corrected chi connectivity index (χ4v) is 2.28. The molecule has 4 nitrogen and oxygen atoms in total. The summed E-state index contributed by atoms with van der Waals surface area (Å²) >= 11 is 0. The van der Waals surface area contributed by atoms with E-state index < -0.39 is 0 Å². The van der Waals surface area contributed by atoms with E-state index in [2.05, 4.69) is 21.5 Å². The summed E-state index contributed by atoms with van der Waals surface area (Å²) in [7, 11) is 0. The van der Waals surface area contributed by atoms with Gasteiger partial charge >= 0.3 is 0 Å². The molecular weight excluding hydrogens is 212 g/mol. The molecule has 1 unspecified atom stereocenters. The number of anilines is 1. The average Bonchev–Trinajstić information content (AvgIpc) is 3.07.